The van der Waals surface area contributed by atoms with Crippen molar-refractivity contribution in [1.82, 2.24) is 0 Å². The van der Waals surface area contributed by atoms with Gasteiger partial charge in [-0.2, -0.15) is 0 Å². The second-order valence-corrected chi connectivity index (χ2v) is 4.46. The van der Waals surface area contributed by atoms with Crippen LogP contribution in [0.15, 0.2) is 47.8 Å². The molecule has 0 amide bonds. The molecule has 1 aromatic carbocycles. The van der Waals surface area contributed by atoms with Gasteiger partial charge in [-0.3, -0.25) is 0 Å². The Hall–Kier alpha value is -1.37. The van der Waals surface area contributed by atoms with Crippen molar-refractivity contribution in [3.05, 3.63) is 53.4 Å². The fourth-order valence-corrected chi connectivity index (χ4v) is 2.55. The number of rotatable bonds is 1. The molecule has 1 aromatic rings. The van der Waals surface area contributed by atoms with Gasteiger partial charge < -0.3 is 0 Å². The molecular weight excluding hydrogens is 211 g/mol. The highest BCUT2D eigenvalue weighted by atomic mass is 19.1. The maximum Gasteiger partial charge on any atom is 0.127 e. The van der Waals surface area contributed by atoms with Crippen LogP contribution < -0.4 is 0 Å². The molecule has 0 N–H and O–H groups in total. The first-order valence-corrected chi connectivity index (χ1v) is 6.40. The fraction of sp³-hybridized carbons (Fsp3) is 0.375. The van der Waals surface area contributed by atoms with Crippen molar-refractivity contribution in [2.75, 3.05) is 0 Å². The molecule has 0 bridgehead atoms. The van der Waals surface area contributed by atoms with Crippen LogP contribution in [0.5, 0.6) is 0 Å². The summed E-state index contributed by atoms with van der Waals surface area (Å²) >= 11 is 0. The first kappa shape index (κ1) is 12.1. The highest BCUT2D eigenvalue weighted by Crippen LogP contribution is 2.56. The largest absolute Gasteiger partial charge is 0.207 e. The summed E-state index contributed by atoms with van der Waals surface area (Å²) in [5, 5.41) is 0. The van der Waals surface area contributed by atoms with Crippen molar-refractivity contribution in [1.29, 1.82) is 0 Å². The van der Waals surface area contributed by atoms with Gasteiger partial charge in [0.25, 0.3) is 0 Å². The zero-order valence-electron chi connectivity index (χ0n) is 10.7. The van der Waals surface area contributed by atoms with Crippen molar-refractivity contribution < 1.29 is 4.39 Å². The van der Waals surface area contributed by atoms with Crippen LogP contribution in [0.3, 0.4) is 0 Å². The smallest absolute Gasteiger partial charge is 0.127 e. The molecule has 0 spiro atoms. The Kier molecular flexibility index (Phi) is 3.46. The Bertz CT molecular complexity index is 454. The van der Waals surface area contributed by atoms with E-state index in [1.807, 2.05) is 51.1 Å². The highest BCUT2D eigenvalue weighted by Gasteiger charge is 2.44. The second kappa shape index (κ2) is 4.87. The van der Waals surface area contributed by atoms with Crippen LogP contribution in [-0.2, 0) is 0 Å². The predicted octanol–water partition coefficient (Wildman–Crippen LogP) is 4.99. The zero-order chi connectivity index (χ0) is 12.4. The van der Waals surface area contributed by atoms with Crippen LogP contribution in [0.4, 0.5) is 4.39 Å². The molecule has 0 saturated heterocycles. The number of hydrogen-bond acceptors (Lipinski definition) is 0. The lowest BCUT2D eigenvalue weighted by molar-refractivity contribution is 0.651. The van der Waals surface area contributed by atoms with Gasteiger partial charge in [-0.25, -0.2) is 4.39 Å². The van der Waals surface area contributed by atoms with E-state index in [-0.39, 0.29) is 5.83 Å². The minimum absolute atomic E-state index is 0.0301. The van der Waals surface area contributed by atoms with E-state index in [1.165, 1.54) is 5.57 Å². The van der Waals surface area contributed by atoms with Crippen molar-refractivity contribution in [3.63, 3.8) is 0 Å². The summed E-state index contributed by atoms with van der Waals surface area (Å²) in [7, 11) is 0. The summed E-state index contributed by atoms with van der Waals surface area (Å²) in [6.45, 7) is 6.03. The average molecular weight is 230 g/mol. The van der Waals surface area contributed by atoms with E-state index in [1.54, 1.807) is 6.08 Å². The van der Waals surface area contributed by atoms with Crippen LogP contribution in [0, 0.1) is 11.8 Å². The SMILES string of the molecule is CC.CC1=CC(F)=C(c2ccccc2)C2CC12. The summed E-state index contributed by atoms with van der Waals surface area (Å²) < 4.78 is 13.9. The molecule has 1 saturated carbocycles. The Labute approximate surface area is 103 Å². The van der Waals surface area contributed by atoms with Crippen LogP contribution in [0.2, 0.25) is 0 Å². The molecule has 3 rings (SSSR count). The maximum absolute atomic E-state index is 13.9. The lowest BCUT2D eigenvalue weighted by atomic mass is 9.93. The third-order valence-electron chi connectivity index (χ3n) is 3.44. The molecule has 0 radical (unpaired) electrons. The minimum Gasteiger partial charge on any atom is -0.207 e. The molecule has 0 nitrogen and oxygen atoms in total. The van der Waals surface area contributed by atoms with E-state index in [0.29, 0.717) is 11.8 Å². The van der Waals surface area contributed by atoms with Gasteiger partial charge in [0.1, 0.15) is 5.83 Å². The van der Waals surface area contributed by atoms with E-state index in [2.05, 4.69) is 0 Å². The van der Waals surface area contributed by atoms with E-state index in [4.69, 9.17) is 0 Å². The molecule has 1 heteroatoms. The van der Waals surface area contributed by atoms with Gasteiger partial charge in [-0.1, -0.05) is 49.8 Å². The zero-order valence-corrected chi connectivity index (χ0v) is 10.7. The third kappa shape index (κ3) is 2.19. The lowest BCUT2D eigenvalue weighted by Crippen LogP contribution is -1.98. The summed E-state index contributed by atoms with van der Waals surface area (Å²) in [5.41, 5.74) is 3.18. The lowest BCUT2D eigenvalue weighted by Gasteiger charge is -2.13. The van der Waals surface area contributed by atoms with Crippen molar-refractivity contribution >= 4 is 5.57 Å². The molecule has 1 fully saturated rings. The van der Waals surface area contributed by atoms with Crippen LogP contribution >= 0.6 is 0 Å². The second-order valence-electron chi connectivity index (χ2n) is 4.46. The highest BCUT2D eigenvalue weighted by molar-refractivity contribution is 5.75. The Balaban J connectivity index is 0.000000514. The summed E-state index contributed by atoms with van der Waals surface area (Å²) in [5.74, 6) is 1.02. The number of fused-ring (bicyclic) bond motifs is 1. The molecule has 2 aliphatic rings. The molecule has 17 heavy (non-hydrogen) atoms. The van der Waals surface area contributed by atoms with Gasteiger partial charge in [0.05, 0.1) is 0 Å². The van der Waals surface area contributed by atoms with Crippen LogP contribution in [-0.4, -0.2) is 0 Å². The van der Waals surface area contributed by atoms with E-state index >= 15 is 0 Å². The van der Waals surface area contributed by atoms with Gasteiger partial charge in [-0.15, -0.1) is 0 Å². The quantitative estimate of drug-likeness (QED) is 0.637. The fourth-order valence-electron chi connectivity index (χ4n) is 2.55. The standard InChI is InChI=1S/C14H13F.C2H6/c1-9-7-13(15)14(12-8-11(9)12)10-5-3-2-4-6-10;1-2/h2-7,11-12H,8H2,1H3;1-2H3. The normalized spacial score (nSPS) is 25.5. The van der Waals surface area contributed by atoms with E-state index in [0.717, 1.165) is 17.6 Å². The van der Waals surface area contributed by atoms with Gasteiger partial charge >= 0.3 is 0 Å². The minimum atomic E-state index is -0.0301. The van der Waals surface area contributed by atoms with Crippen molar-refractivity contribution in [3.8, 4) is 0 Å². The Morgan fingerprint density at radius 1 is 1.06 bits per heavy atom. The molecule has 2 aliphatic carbocycles. The summed E-state index contributed by atoms with van der Waals surface area (Å²) in [6, 6.07) is 9.91. The van der Waals surface area contributed by atoms with Gasteiger partial charge in [0.2, 0.25) is 0 Å². The van der Waals surface area contributed by atoms with Gasteiger partial charge in [0.15, 0.2) is 0 Å². The molecular formula is C16H19F. The number of hydrogen-bond donors (Lipinski definition) is 0. The van der Waals surface area contributed by atoms with Gasteiger partial charge in [-0.05, 0) is 42.4 Å². The molecule has 90 valence electrons. The first-order chi connectivity index (χ1) is 8.27. The van der Waals surface area contributed by atoms with Gasteiger partial charge in [0, 0.05) is 0 Å². The molecule has 0 aromatic heterocycles. The molecule has 0 aliphatic heterocycles. The third-order valence-corrected chi connectivity index (χ3v) is 3.44. The topological polar surface area (TPSA) is 0 Å². The molecule has 2 unspecified atom stereocenters. The van der Waals surface area contributed by atoms with Crippen LogP contribution in [0.1, 0.15) is 32.8 Å². The van der Waals surface area contributed by atoms with E-state index < -0.39 is 0 Å². The monoisotopic (exact) mass is 230 g/mol. The Morgan fingerprint density at radius 3 is 2.35 bits per heavy atom. The molecule has 2 atom stereocenters. The number of halogens is 1. The first-order valence-electron chi connectivity index (χ1n) is 6.40. The van der Waals surface area contributed by atoms with E-state index in [9.17, 15) is 4.39 Å². The summed E-state index contributed by atoms with van der Waals surface area (Å²) in [4.78, 5) is 0. The summed E-state index contributed by atoms with van der Waals surface area (Å²) in [6.07, 6.45) is 2.83. The maximum atomic E-state index is 13.9. The predicted molar refractivity (Wildman–Crippen MR) is 71.2 cm³/mol. The number of allylic oxidation sites excluding steroid dienone is 4. The van der Waals surface area contributed by atoms with Crippen molar-refractivity contribution in [2.45, 2.75) is 27.2 Å². The average Bonchev–Trinajstić information content (AvgIpc) is 3.13. The Morgan fingerprint density at radius 2 is 1.71 bits per heavy atom. The van der Waals surface area contributed by atoms with Crippen molar-refractivity contribution in [2.24, 2.45) is 11.8 Å². The van der Waals surface area contributed by atoms with Crippen LogP contribution in [0.25, 0.3) is 5.57 Å². The molecule has 0 heterocycles. The number of benzene rings is 1.